The first-order chi connectivity index (χ1) is 6.79. The Balaban J connectivity index is 2.03. The van der Waals surface area contributed by atoms with Gasteiger partial charge in [0.1, 0.15) is 0 Å². The van der Waals surface area contributed by atoms with Crippen LogP contribution in [0.3, 0.4) is 0 Å². The molecule has 2 aliphatic rings. The Morgan fingerprint density at radius 2 is 2.43 bits per heavy atom. The molecule has 0 spiro atoms. The standard InChI is InChI=1S/C10H18N2O2/c1-8-6-11-3-4-12(10(8)13)9-2-5-14-7-9/h8-9,11H,2-7H2,1H3. The summed E-state index contributed by atoms with van der Waals surface area (Å²) in [5.41, 5.74) is 0. The molecule has 2 atom stereocenters. The lowest BCUT2D eigenvalue weighted by molar-refractivity contribution is -0.136. The topological polar surface area (TPSA) is 41.6 Å². The third kappa shape index (κ3) is 1.91. The fraction of sp³-hybridized carbons (Fsp3) is 0.900. The maximum atomic E-state index is 12.0. The molecule has 2 fully saturated rings. The summed E-state index contributed by atoms with van der Waals surface area (Å²) >= 11 is 0. The minimum atomic E-state index is 0.109. The molecule has 0 saturated carbocycles. The van der Waals surface area contributed by atoms with Crippen molar-refractivity contribution in [3.05, 3.63) is 0 Å². The van der Waals surface area contributed by atoms with E-state index < -0.39 is 0 Å². The van der Waals surface area contributed by atoms with Gasteiger partial charge in [0, 0.05) is 32.2 Å². The highest BCUT2D eigenvalue weighted by molar-refractivity contribution is 5.79. The lowest BCUT2D eigenvalue weighted by Crippen LogP contribution is -2.43. The van der Waals surface area contributed by atoms with E-state index in [1.165, 1.54) is 0 Å². The molecule has 0 aliphatic carbocycles. The maximum absolute atomic E-state index is 12.0. The van der Waals surface area contributed by atoms with Crippen LogP contribution in [0, 0.1) is 5.92 Å². The maximum Gasteiger partial charge on any atom is 0.227 e. The molecule has 80 valence electrons. The van der Waals surface area contributed by atoms with Gasteiger partial charge in [-0.25, -0.2) is 0 Å². The third-order valence-corrected chi connectivity index (χ3v) is 3.03. The van der Waals surface area contributed by atoms with Gasteiger partial charge in [0.25, 0.3) is 0 Å². The van der Waals surface area contributed by atoms with Crippen LogP contribution in [0.4, 0.5) is 0 Å². The predicted octanol–water partition coefficient (Wildman–Crippen LogP) is -0.157. The average Bonchev–Trinajstić information content (AvgIpc) is 2.64. The first-order valence-electron chi connectivity index (χ1n) is 5.38. The van der Waals surface area contributed by atoms with Crippen LogP contribution in [0.5, 0.6) is 0 Å². The number of amides is 1. The van der Waals surface area contributed by atoms with Crippen LogP contribution in [-0.4, -0.2) is 49.7 Å². The normalized spacial score (nSPS) is 34.6. The van der Waals surface area contributed by atoms with Crippen molar-refractivity contribution in [2.45, 2.75) is 19.4 Å². The number of ether oxygens (including phenoxy) is 1. The van der Waals surface area contributed by atoms with Crippen LogP contribution in [0.1, 0.15) is 13.3 Å². The summed E-state index contributed by atoms with van der Waals surface area (Å²) in [5, 5.41) is 3.28. The second-order valence-corrected chi connectivity index (χ2v) is 4.15. The van der Waals surface area contributed by atoms with E-state index in [0.29, 0.717) is 6.04 Å². The Hall–Kier alpha value is -0.610. The summed E-state index contributed by atoms with van der Waals surface area (Å²) < 4.78 is 5.32. The van der Waals surface area contributed by atoms with E-state index in [1.54, 1.807) is 0 Å². The zero-order chi connectivity index (χ0) is 9.97. The first-order valence-corrected chi connectivity index (χ1v) is 5.38. The Bertz CT molecular complexity index is 214. The van der Waals surface area contributed by atoms with Crippen LogP contribution in [0.2, 0.25) is 0 Å². The molecule has 14 heavy (non-hydrogen) atoms. The molecule has 0 aromatic rings. The monoisotopic (exact) mass is 198 g/mol. The highest BCUT2D eigenvalue weighted by atomic mass is 16.5. The molecule has 4 nitrogen and oxygen atoms in total. The van der Waals surface area contributed by atoms with Crippen LogP contribution >= 0.6 is 0 Å². The molecule has 2 rings (SSSR count). The van der Waals surface area contributed by atoms with E-state index in [0.717, 1.165) is 39.3 Å². The first kappa shape index (κ1) is 9.93. The Morgan fingerprint density at radius 3 is 3.14 bits per heavy atom. The van der Waals surface area contributed by atoms with Crippen molar-refractivity contribution >= 4 is 5.91 Å². The van der Waals surface area contributed by atoms with Crippen molar-refractivity contribution in [2.24, 2.45) is 5.92 Å². The minimum absolute atomic E-state index is 0.109. The fourth-order valence-electron chi connectivity index (χ4n) is 2.13. The number of carbonyl (C=O) groups excluding carboxylic acids is 1. The highest BCUT2D eigenvalue weighted by Crippen LogP contribution is 2.16. The van der Waals surface area contributed by atoms with Crippen LogP contribution in [0.15, 0.2) is 0 Å². The van der Waals surface area contributed by atoms with Gasteiger partial charge in [-0.3, -0.25) is 4.79 Å². The summed E-state index contributed by atoms with van der Waals surface area (Å²) in [6.07, 6.45) is 0.998. The van der Waals surface area contributed by atoms with E-state index in [2.05, 4.69) is 5.32 Å². The van der Waals surface area contributed by atoms with Gasteiger partial charge in [-0.05, 0) is 6.42 Å². The van der Waals surface area contributed by atoms with Crippen molar-refractivity contribution < 1.29 is 9.53 Å². The highest BCUT2D eigenvalue weighted by Gasteiger charge is 2.31. The Kier molecular flexibility index (Phi) is 3.03. The molecule has 2 saturated heterocycles. The van der Waals surface area contributed by atoms with Gasteiger partial charge in [-0.1, -0.05) is 6.92 Å². The van der Waals surface area contributed by atoms with Gasteiger partial charge in [0.15, 0.2) is 0 Å². The smallest absolute Gasteiger partial charge is 0.227 e. The van der Waals surface area contributed by atoms with Gasteiger partial charge in [0.2, 0.25) is 5.91 Å². The average molecular weight is 198 g/mol. The van der Waals surface area contributed by atoms with E-state index >= 15 is 0 Å². The molecule has 0 bridgehead atoms. The summed E-state index contributed by atoms with van der Waals surface area (Å²) in [5.74, 6) is 0.392. The Labute approximate surface area is 84.6 Å². The second kappa shape index (κ2) is 4.28. The SMILES string of the molecule is CC1CNCCN(C2CCOC2)C1=O. The molecule has 2 aliphatic heterocycles. The van der Waals surface area contributed by atoms with E-state index in [4.69, 9.17) is 4.74 Å². The number of rotatable bonds is 1. The quantitative estimate of drug-likeness (QED) is 0.637. The molecule has 2 unspecified atom stereocenters. The van der Waals surface area contributed by atoms with Gasteiger partial charge in [-0.2, -0.15) is 0 Å². The van der Waals surface area contributed by atoms with Gasteiger partial charge < -0.3 is 15.0 Å². The van der Waals surface area contributed by atoms with Crippen molar-refractivity contribution in [3.8, 4) is 0 Å². The van der Waals surface area contributed by atoms with Crippen LogP contribution in [-0.2, 0) is 9.53 Å². The molecule has 1 N–H and O–H groups in total. The molecular weight excluding hydrogens is 180 g/mol. The van der Waals surface area contributed by atoms with E-state index in [-0.39, 0.29) is 11.8 Å². The number of hydrogen-bond acceptors (Lipinski definition) is 3. The molecule has 2 heterocycles. The van der Waals surface area contributed by atoms with E-state index in [1.807, 2.05) is 11.8 Å². The number of nitrogens with zero attached hydrogens (tertiary/aromatic N) is 1. The molecular formula is C10H18N2O2. The summed E-state index contributed by atoms with van der Waals surface area (Å²) in [6.45, 7) is 6.06. The lowest BCUT2D eigenvalue weighted by atomic mass is 10.1. The van der Waals surface area contributed by atoms with Crippen LogP contribution < -0.4 is 5.32 Å². The third-order valence-electron chi connectivity index (χ3n) is 3.03. The second-order valence-electron chi connectivity index (χ2n) is 4.15. The Morgan fingerprint density at radius 1 is 1.57 bits per heavy atom. The molecule has 0 aromatic heterocycles. The minimum Gasteiger partial charge on any atom is -0.379 e. The predicted molar refractivity (Wildman–Crippen MR) is 53.0 cm³/mol. The van der Waals surface area contributed by atoms with Crippen molar-refractivity contribution in [3.63, 3.8) is 0 Å². The fourth-order valence-corrected chi connectivity index (χ4v) is 2.13. The van der Waals surface area contributed by atoms with Gasteiger partial charge in [0.05, 0.1) is 12.6 Å². The van der Waals surface area contributed by atoms with Gasteiger partial charge in [-0.15, -0.1) is 0 Å². The number of nitrogens with one attached hydrogen (secondary N) is 1. The molecule has 0 radical (unpaired) electrons. The summed E-state index contributed by atoms with van der Waals surface area (Å²) in [7, 11) is 0. The summed E-state index contributed by atoms with van der Waals surface area (Å²) in [4.78, 5) is 14.0. The van der Waals surface area contributed by atoms with Crippen LogP contribution in [0.25, 0.3) is 0 Å². The lowest BCUT2D eigenvalue weighted by Gasteiger charge is -2.27. The molecule has 0 aromatic carbocycles. The molecule has 4 heteroatoms. The summed E-state index contributed by atoms with van der Waals surface area (Å²) in [6, 6.07) is 0.324. The number of carbonyl (C=O) groups is 1. The van der Waals surface area contributed by atoms with E-state index in [9.17, 15) is 4.79 Å². The number of hydrogen-bond donors (Lipinski definition) is 1. The zero-order valence-electron chi connectivity index (χ0n) is 8.66. The van der Waals surface area contributed by atoms with Gasteiger partial charge >= 0.3 is 0 Å². The van der Waals surface area contributed by atoms with Crippen molar-refractivity contribution in [1.29, 1.82) is 0 Å². The zero-order valence-corrected chi connectivity index (χ0v) is 8.66. The van der Waals surface area contributed by atoms with Crippen molar-refractivity contribution in [1.82, 2.24) is 10.2 Å². The largest absolute Gasteiger partial charge is 0.379 e. The molecule has 1 amide bonds. The van der Waals surface area contributed by atoms with Crippen molar-refractivity contribution in [2.75, 3.05) is 32.8 Å².